The first-order chi connectivity index (χ1) is 12.6. The van der Waals surface area contributed by atoms with Crippen molar-refractivity contribution >= 4 is 28.7 Å². The molecule has 4 rings (SSSR count). The van der Waals surface area contributed by atoms with Gasteiger partial charge >= 0.3 is 0 Å². The number of hydrogen-bond acceptors (Lipinski definition) is 5. The Hall–Kier alpha value is -1.92. The lowest BCUT2D eigenvalue weighted by atomic mass is 10.2. The van der Waals surface area contributed by atoms with Gasteiger partial charge < -0.3 is 10.2 Å². The van der Waals surface area contributed by atoms with Crippen LogP contribution in [0.4, 0.5) is 11.5 Å². The Bertz CT molecular complexity index is 776. The molecular formula is C20H26N4OS. The molecule has 0 radical (unpaired) electrons. The predicted octanol–water partition coefficient (Wildman–Crippen LogP) is 3.77. The molecule has 2 aliphatic heterocycles. The zero-order chi connectivity index (χ0) is 18.1. The van der Waals surface area contributed by atoms with E-state index >= 15 is 0 Å². The number of carbonyl (C=O) groups excluding carboxylic acids is 1. The van der Waals surface area contributed by atoms with Gasteiger partial charge in [0.05, 0.1) is 16.3 Å². The van der Waals surface area contributed by atoms with Crippen molar-refractivity contribution in [3.8, 4) is 0 Å². The summed E-state index contributed by atoms with van der Waals surface area (Å²) in [5, 5.41) is 4.88. The van der Waals surface area contributed by atoms with Crippen molar-refractivity contribution in [1.29, 1.82) is 0 Å². The fraction of sp³-hybridized carbons (Fsp3) is 0.500. The molecule has 2 aromatic heterocycles. The Balaban J connectivity index is 1.42. The molecule has 2 unspecified atom stereocenters. The van der Waals surface area contributed by atoms with Gasteiger partial charge in [0.25, 0.3) is 5.91 Å². The molecule has 1 amide bonds. The second-order valence-corrected chi connectivity index (χ2v) is 8.30. The molecule has 0 spiro atoms. The second kappa shape index (κ2) is 7.37. The van der Waals surface area contributed by atoms with Crippen LogP contribution in [0.2, 0.25) is 0 Å². The molecule has 0 aliphatic carbocycles. The number of amides is 1. The van der Waals surface area contributed by atoms with E-state index in [-0.39, 0.29) is 5.91 Å². The lowest BCUT2D eigenvalue weighted by molar-refractivity contribution is 0.103. The van der Waals surface area contributed by atoms with E-state index in [9.17, 15) is 4.79 Å². The van der Waals surface area contributed by atoms with Crippen LogP contribution < -0.4 is 10.2 Å². The van der Waals surface area contributed by atoms with Crippen LogP contribution in [0.25, 0.3) is 0 Å². The van der Waals surface area contributed by atoms with Crippen molar-refractivity contribution in [3.63, 3.8) is 0 Å². The van der Waals surface area contributed by atoms with Crippen LogP contribution in [0, 0.1) is 6.92 Å². The first kappa shape index (κ1) is 17.5. The van der Waals surface area contributed by atoms with Gasteiger partial charge in [0.2, 0.25) is 0 Å². The van der Waals surface area contributed by atoms with E-state index in [1.807, 2.05) is 36.6 Å². The maximum atomic E-state index is 12.2. The summed E-state index contributed by atoms with van der Waals surface area (Å²) >= 11 is 1.45. The number of aryl methyl sites for hydroxylation is 1. The molecule has 1 N–H and O–H groups in total. The first-order valence-corrected chi connectivity index (χ1v) is 10.3. The molecule has 2 saturated heterocycles. The van der Waals surface area contributed by atoms with Gasteiger partial charge in [-0.05, 0) is 63.2 Å². The van der Waals surface area contributed by atoms with Crippen molar-refractivity contribution in [2.45, 2.75) is 45.2 Å². The van der Waals surface area contributed by atoms with Gasteiger partial charge in [0.15, 0.2) is 0 Å². The van der Waals surface area contributed by atoms with Gasteiger partial charge in [-0.15, -0.1) is 11.3 Å². The lowest BCUT2D eigenvalue weighted by Crippen LogP contribution is -2.39. The third-order valence-corrected chi connectivity index (χ3v) is 6.49. The van der Waals surface area contributed by atoms with Crippen molar-refractivity contribution in [2.75, 3.05) is 29.9 Å². The average molecular weight is 371 g/mol. The van der Waals surface area contributed by atoms with E-state index in [1.54, 1.807) is 0 Å². The molecule has 5 nitrogen and oxygen atoms in total. The molecule has 0 aromatic carbocycles. The van der Waals surface area contributed by atoms with E-state index < -0.39 is 0 Å². The fourth-order valence-corrected chi connectivity index (χ4v) is 4.79. The number of rotatable bonds is 4. The van der Waals surface area contributed by atoms with Gasteiger partial charge in [0, 0.05) is 25.2 Å². The van der Waals surface area contributed by atoms with Crippen LogP contribution in [-0.4, -0.2) is 47.5 Å². The molecule has 138 valence electrons. The third kappa shape index (κ3) is 3.48. The summed E-state index contributed by atoms with van der Waals surface area (Å²) in [7, 11) is 0. The highest BCUT2D eigenvalue weighted by Crippen LogP contribution is 2.28. The maximum absolute atomic E-state index is 12.2. The molecular weight excluding hydrogens is 344 g/mol. The number of likely N-dealkylation sites (tertiary alicyclic amines) is 1. The molecule has 6 heteroatoms. The predicted molar refractivity (Wildman–Crippen MR) is 107 cm³/mol. The summed E-state index contributed by atoms with van der Waals surface area (Å²) in [6.45, 7) is 7.66. The molecule has 26 heavy (non-hydrogen) atoms. The number of hydrogen-bond donors (Lipinski definition) is 1. The average Bonchev–Trinajstić information content (AvgIpc) is 3.37. The van der Waals surface area contributed by atoms with E-state index in [0.717, 1.165) is 35.2 Å². The van der Waals surface area contributed by atoms with Crippen LogP contribution in [0.3, 0.4) is 0 Å². The van der Waals surface area contributed by atoms with Crippen LogP contribution in [0.1, 0.15) is 41.6 Å². The van der Waals surface area contributed by atoms with Crippen LogP contribution in [0.15, 0.2) is 29.6 Å². The zero-order valence-corrected chi connectivity index (χ0v) is 16.3. The van der Waals surface area contributed by atoms with Crippen molar-refractivity contribution in [3.05, 3.63) is 40.2 Å². The number of nitrogens with one attached hydrogen (secondary N) is 1. The highest BCUT2D eigenvalue weighted by atomic mass is 32.1. The standard InChI is InChI=1S/C20H26N4OS/c1-14-5-3-10-24(14)16-9-11-23(13-16)19-8-7-17(15(2)21-19)22-20(25)18-6-4-12-26-18/h4,6-8,12,14,16H,3,5,9-11,13H2,1-2H3,(H,22,25). The Labute approximate surface area is 159 Å². The smallest absolute Gasteiger partial charge is 0.265 e. The third-order valence-electron chi connectivity index (χ3n) is 5.63. The molecule has 0 saturated carbocycles. The number of pyridine rings is 1. The van der Waals surface area contributed by atoms with E-state index in [4.69, 9.17) is 4.98 Å². The summed E-state index contributed by atoms with van der Waals surface area (Å²) in [6, 6.07) is 9.10. The quantitative estimate of drug-likeness (QED) is 0.890. The summed E-state index contributed by atoms with van der Waals surface area (Å²) in [5.41, 5.74) is 1.65. The van der Waals surface area contributed by atoms with E-state index in [1.165, 1.54) is 37.1 Å². The van der Waals surface area contributed by atoms with E-state index in [0.29, 0.717) is 12.1 Å². The lowest BCUT2D eigenvalue weighted by Gasteiger charge is -2.28. The number of thiophene rings is 1. The largest absolute Gasteiger partial charge is 0.355 e. The van der Waals surface area contributed by atoms with Gasteiger partial charge in [-0.3, -0.25) is 9.69 Å². The second-order valence-electron chi connectivity index (χ2n) is 7.35. The summed E-state index contributed by atoms with van der Waals surface area (Å²) in [4.78, 5) is 22.8. The molecule has 4 heterocycles. The monoisotopic (exact) mass is 370 g/mol. The number of nitrogens with zero attached hydrogens (tertiary/aromatic N) is 3. The minimum absolute atomic E-state index is 0.0677. The Kier molecular flexibility index (Phi) is 4.96. The maximum Gasteiger partial charge on any atom is 0.265 e. The molecule has 0 bridgehead atoms. The van der Waals surface area contributed by atoms with Crippen molar-refractivity contribution in [1.82, 2.24) is 9.88 Å². The normalized spacial score (nSPS) is 23.5. The summed E-state index contributed by atoms with van der Waals surface area (Å²) in [5.74, 6) is 0.952. The minimum atomic E-state index is -0.0677. The van der Waals surface area contributed by atoms with Crippen molar-refractivity contribution < 1.29 is 4.79 Å². The molecule has 2 aromatic rings. The fourth-order valence-electron chi connectivity index (χ4n) is 4.17. The minimum Gasteiger partial charge on any atom is -0.355 e. The highest BCUT2D eigenvalue weighted by molar-refractivity contribution is 7.12. The van der Waals surface area contributed by atoms with E-state index in [2.05, 4.69) is 22.0 Å². The number of aromatic nitrogens is 1. The summed E-state index contributed by atoms with van der Waals surface area (Å²) in [6.07, 6.45) is 3.86. The molecule has 2 aliphatic rings. The first-order valence-electron chi connectivity index (χ1n) is 9.45. The highest BCUT2D eigenvalue weighted by Gasteiger charge is 2.33. The van der Waals surface area contributed by atoms with Crippen molar-refractivity contribution in [2.24, 2.45) is 0 Å². The van der Waals surface area contributed by atoms with Crippen LogP contribution in [0.5, 0.6) is 0 Å². The number of anilines is 2. The number of carbonyl (C=O) groups is 1. The van der Waals surface area contributed by atoms with Crippen LogP contribution >= 0.6 is 11.3 Å². The zero-order valence-electron chi connectivity index (χ0n) is 15.4. The Morgan fingerprint density at radius 1 is 1.27 bits per heavy atom. The Morgan fingerprint density at radius 2 is 2.15 bits per heavy atom. The molecule has 2 atom stereocenters. The van der Waals surface area contributed by atoms with Crippen LogP contribution in [-0.2, 0) is 0 Å². The van der Waals surface area contributed by atoms with Gasteiger partial charge in [-0.1, -0.05) is 6.07 Å². The summed E-state index contributed by atoms with van der Waals surface area (Å²) < 4.78 is 0. The van der Waals surface area contributed by atoms with Gasteiger partial charge in [-0.25, -0.2) is 4.98 Å². The topological polar surface area (TPSA) is 48.5 Å². The Morgan fingerprint density at radius 3 is 2.85 bits per heavy atom. The van der Waals surface area contributed by atoms with Gasteiger partial charge in [0.1, 0.15) is 5.82 Å². The molecule has 2 fully saturated rings. The SMILES string of the molecule is Cc1nc(N2CCC(N3CCCC3C)C2)ccc1NC(=O)c1cccs1. The van der Waals surface area contributed by atoms with Gasteiger partial charge in [-0.2, -0.15) is 0 Å².